The lowest BCUT2D eigenvalue weighted by molar-refractivity contribution is 0.0782. The summed E-state index contributed by atoms with van der Waals surface area (Å²) < 4.78 is 10.3. The van der Waals surface area contributed by atoms with Crippen molar-refractivity contribution in [1.29, 1.82) is 0 Å². The fraction of sp³-hybridized carbons (Fsp3) is 0.333. The van der Waals surface area contributed by atoms with Gasteiger partial charge in [-0.1, -0.05) is 12.1 Å². The first kappa shape index (κ1) is 16.9. The third kappa shape index (κ3) is 3.45. The summed E-state index contributed by atoms with van der Waals surface area (Å²) in [6.07, 6.45) is 0.667. The predicted molar refractivity (Wildman–Crippen MR) is 92.5 cm³/mol. The number of carbonyl (C=O) groups excluding carboxylic acids is 1. The van der Waals surface area contributed by atoms with Crippen molar-refractivity contribution in [3.05, 3.63) is 47.2 Å². The van der Waals surface area contributed by atoms with Crippen LogP contribution < -0.4 is 4.74 Å². The molecule has 0 aliphatic heterocycles. The van der Waals surface area contributed by atoms with E-state index >= 15 is 0 Å². The van der Waals surface area contributed by atoms with E-state index in [1.54, 1.807) is 25.1 Å². The number of carbonyl (C=O) groups is 1. The van der Waals surface area contributed by atoms with Gasteiger partial charge in [0.05, 0.1) is 24.7 Å². The highest BCUT2D eigenvalue weighted by atomic mass is 16.5. The molecule has 0 atom stereocenters. The summed E-state index contributed by atoms with van der Waals surface area (Å²) in [6, 6.07) is 7.29. The van der Waals surface area contributed by atoms with E-state index in [1.165, 1.54) is 0 Å². The summed E-state index contributed by atoms with van der Waals surface area (Å²) in [6.45, 7) is 4.08. The van der Waals surface area contributed by atoms with E-state index in [2.05, 4.69) is 15.1 Å². The van der Waals surface area contributed by atoms with E-state index < -0.39 is 0 Å². The molecule has 2 heterocycles. The lowest BCUT2D eigenvalue weighted by Gasteiger charge is -2.17. The second kappa shape index (κ2) is 6.88. The molecule has 3 aromatic rings. The number of hydrogen-bond donors (Lipinski definition) is 0. The van der Waals surface area contributed by atoms with Crippen molar-refractivity contribution in [2.75, 3.05) is 14.2 Å². The second-order valence-electron chi connectivity index (χ2n) is 5.81. The monoisotopic (exact) mass is 340 g/mol. The van der Waals surface area contributed by atoms with E-state index in [1.807, 2.05) is 32.0 Å². The molecule has 1 amide bonds. The zero-order valence-corrected chi connectivity index (χ0v) is 14.7. The topological polar surface area (TPSA) is 81.4 Å². The van der Waals surface area contributed by atoms with Gasteiger partial charge in [0.2, 0.25) is 5.89 Å². The minimum absolute atomic E-state index is 0.122. The molecule has 130 valence electrons. The van der Waals surface area contributed by atoms with Crippen molar-refractivity contribution in [3.8, 4) is 5.75 Å². The predicted octanol–water partition coefficient (Wildman–Crippen LogP) is 2.77. The Bertz CT molecular complexity index is 920. The Morgan fingerprint density at radius 1 is 1.28 bits per heavy atom. The molecule has 0 unspecified atom stereocenters. The fourth-order valence-electron chi connectivity index (χ4n) is 2.63. The maximum atomic E-state index is 12.9. The first-order valence-electron chi connectivity index (χ1n) is 8.04. The number of fused-ring (bicyclic) bond motifs is 1. The highest BCUT2D eigenvalue weighted by molar-refractivity contribution is 6.06. The zero-order valence-electron chi connectivity index (χ0n) is 14.7. The molecule has 0 aliphatic rings. The van der Waals surface area contributed by atoms with E-state index in [0.717, 1.165) is 16.6 Å². The van der Waals surface area contributed by atoms with Crippen molar-refractivity contribution >= 4 is 16.8 Å². The minimum Gasteiger partial charge on any atom is -0.497 e. The third-order valence-corrected chi connectivity index (χ3v) is 3.91. The van der Waals surface area contributed by atoms with E-state index in [9.17, 15) is 4.79 Å². The molecule has 0 bridgehead atoms. The molecule has 0 fully saturated rings. The van der Waals surface area contributed by atoms with Crippen molar-refractivity contribution in [2.45, 2.75) is 26.8 Å². The molecule has 7 nitrogen and oxygen atoms in total. The van der Waals surface area contributed by atoms with Gasteiger partial charge in [-0.05, 0) is 25.1 Å². The summed E-state index contributed by atoms with van der Waals surface area (Å²) in [5, 5.41) is 4.68. The summed E-state index contributed by atoms with van der Waals surface area (Å²) in [5.74, 6) is 1.64. The minimum atomic E-state index is -0.122. The number of rotatable bonds is 5. The van der Waals surface area contributed by atoms with Gasteiger partial charge in [0, 0.05) is 30.6 Å². The Kier molecular flexibility index (Phi) is 4.65. The number of amides is 1. The van der Waals surface area contributed by atoms with Crippen LogP contribution in [-0.4, -0.2) is 40.1 Å². The number of aromatic nitrogens is 3. The summed E-state index contributed by atoms with van der Waals surface area (Å²) in [7, 11) is 3.32. The van der Waals surface area contributed by atoms with Gasteiger partial charge in [-0.25, -0.2) is 0 Å². The number of aryl methyl sites for hydroxylation is 2. The fourth-order valence-corrected chi connectivity index (χ4v) is 2.63. The number of methoxy groups -OCH3 is 1. The molecule has 0 radical (unpaired) electrons. The van der Waals surface area contributed by atoms with Gasteiger partial charge < -0.3 is 14.2 Å². The zero-order chi connectivity index (χ0) is 18.0. The Labute approximate surface area is 145 Å². The van der Waals surface area contributed by atoms with E-state index in [-0.39, 0.29) is 12.5 Å². The molecule has 1 aromatic carbocycles. The smallest absolute Gasteiger partial charge is 0.254 e. The van der Waals surface area contributed by atoms with Crippen LogP contribution in [0.3, 0.4) is 0 Å². The maximum Gasteiger partial charge on any atom is 0.254 e. The molecule has 3 rings (SSSR count). The Morgan fingerprint density at radius 2 is 2.08 bits per heavy atom. The highest BCUT2D eigenvalue weighted by Gasteiger charge is 2.18. The normalized spacial score (nSPS) is 10.9. The molecule has 0 spiro atoms. The van der Waals surface area contributed by atoms with Crippen molar-refractivity contribution in [3.63, 3.8) is 0 Å². The summed E-state index contributed by atoms with van der Waals surface area (Å²) in [4.78, 5) is 23.2. The van der Waals surface area contributed by atoms with Gasteiger partial charge in [-0.15, -0.1) is 0 Å². The number of benzene rings is 1. The van der Waals surface area contributed by atoms with Gasteiger partial charge in [0.1, 0.15) is 5.75 Å². The highest BCUT2D eigenvalue weighted by Crippen LogP contribution is 2.24. The lowest BCUT2D eigenvalue weighted by atomic mass is 10.1. The van der Waals surface area contributed by atoms with Crippen LogP contribution in [0.25, 0.3) is 10.9 Å². The molecule has 0 saturated carbocycles. The van der Waals surface area contributed by atoms with Crippen LogP contribution in [0, 0.1) is 6.92 Å². The van der Waals surface area contributed by atoms with Crippen LogP contribution >= 0.6 is 0 Å². The number of nitrogens with zero attached hydrogens (tertiary/aromatic N) is 4. The van der Waals surface area contributed by atoms with Gasteiger partial charge in [0.25, 0.3) is 5.91 Å². The van der Waals surface area contributed by atoms with E-state index in [4.69, 9.17) is 9.26 Å². The number of ether oxygens (including phenoxy) is 1. The molecule has 0 saturated heterocycles. The maximum absolute atomic E-state index is 12.9. The molecule has 0 aliphatic carbocycles. The Balaban J connectivity index is 1.92. The van der Waals surface area contributed by atoms with Gasteiger partial charge in [0.15, 0.2) is 5.82 Å². The first-order valence-corrected chi connectivity index (χ1v) is 8.04. The quantitative estimate of drug-likeness (QED) is 0.710. The second-order valence-corrected chi connectivity index (χ2v) is 5.81. The molecular formula is C18H20N4O3. The summed E-state index contributed by atoms with van der Waals surface area (Å²) >= 11 is 0. The van der Waals surface area contributed by atoms with Gasteiger partial charge >= 0.3 is 0 Å². The largest absolute Gasteiger partial charge is 0.497 e. The van der Waals surface area contributed by atoms with Crippen molar-refractivity contribution < 1.29 is 14.1 Å². The van der Waals surface area contributed by atoms with Crippen molar-refractivity contribution in [2.24, 2.45) is 0 Å². The Morgan fingerprint density at radius 3 is 2.76 bits per heavy atom. The standard InChI is InChI=1S/C18H20N4O3/c1-5-17-20-16(21-25-17)10-22(3)18(23)14-8-11(2)19-15-9-12(24-4)6-7-13(14)15/h6-9H,5,10H2,1-4H3. The summed E-state index contributed by atoms with van der Waals surface area (Å²) in [5.41, 5.74) is 2.08. The SMILES string of the molecule is CCc1nc(CN(C)C(=O)c2cc(C)nc3cc(OC)ccc23)no1. The van der Waals surface area contributed by atoms with Crippen LogP contribution in [-0.2, 0) is 13.0 Å². The molecular weight excluding hydrogens is 320 g/mol. The molecule has 25 heavy (non-hydrogen) atoms. The van der Waals surface area contributed by atoms with Gasteiger partial charge in [-0.3, -0.25) is 9.78 Å². The third-order valence-electron chi connectivity index (χ3n) is 3.91. The molecule has 2 aromatic heterocycles. The van der Waals surface area contributed by atoms with Crippen molar-refractivity contribution in [1.82, 2.24) is 20.0 Å². The Hall–Kier alpha value is -2.96. The van der Waals surface area contributed by atoms with Crippen LogP contribution in [0.5, 0.6) is 5.75 Å². The lowest BCUT2D eigenvalue weighted by Crippen LogP contribution is -2.27. The van der Waals surface area contributed by atoms with Crippen LogP contribution in [0.2, 0.25) is 0 Å². The average Bonchev–Trinajstić information content (AvgIpc) is 3.07. The number of pyridine rings is 1. The van der Waals surface area contributed by atoms with Crippen LogP contribution in [0.1, 0.15) is 34.7 Å². The molecule has 7 heteroatoms. The molecule has 0 N–H and O–H groups in total. The average molecular weight is 340 g/mol. The van der Waals surface area contributed by atoms with E-state index in [0.29, 0.717) is 29.4 Å². The van der Waals surface area contributed by atoms with Crippen LogP contribution in [0.15, 0.2) is 28.8 Å². The number of hydrogen-bond acceptors (Lipinski definition) is 6. The van der Waals surface area contributed by atoms with Crippen LogP contribution in [0.4, 0.5) is 0 Å². The van der Waals surface area contributed by atoms with Gasteiger partial charge in [-0.2, -0.15) is 4.98 Å². The first-order chi connectivity index (χ1) is 12.0.